The molecule has 17 heavy (non-hydrogen) atoms. The number of nitrogens with two attached hydrogens (primary N) is 1. The van der Waals surface area contributed by atoms with Crippen LogP contribution in [-0.4, -0.2) is 26.3 Å². The van der Waals surface area contributed by atoms with Crippen molar-refractivity contribution in [3.8, 4) is 0 Å². The number of nitrogen functional groups attached to an aromatic ring is 1. The van der Waals surface area contributed by atoms with E-state index in [2.05, 4.69) is 9.97 Å². The van der Waals surface area contributed by atoms with Gasteiger partial charge in [0.1, 0.15) is 0 Å². The number of halogens is 2. The summed E-state index contributed by atoms with van der Waals surface area (Å²) in [5.74, 6) is -2.21. The maximum absolute atomic E-state index is 12.9. The Morgan fingerprint density at radius 2 is 2.24 bits per heavy atom. The number of hydrogen-bond donors (Lipinski definition) is 3. The first-order chi connectivity index (χ1) is 7.88. The smallest absolute Gasteiger partial charge is 0.395 e. The summed E-state index contributed by atoms with van der Waals surface area (Å²) in [6.07, 6.45) is 0. The summed E-state index contributed by atoms with van der Waals surface area (Å²) in [5, 5.41) is 4.20. The SMILES string of the molecule is Nc1ccc2nc(SC(F)(F)C(=O)O)[nH]c2c1. The van der Waals surface area contributed by atoms with E-state index in [1.807, 2.05) is 0 Å². The number of carboxylic acids is 1. The summed E-state index contributed by atoms with van der Waals surface area (Å²) in [4.78, 5) is 16.7. The molecule has 0 spiro atoms. The minimum atomic E-state index is -3.92. The van der Waals surface area contributed by atoms with Crippen molar-refractivity contribution in [3.05, 3.63) is 18.2 Å². The van der Waals surface area contributed by atoms with E-state index in [9.17, 15) is 13.6 Å². The van der Waals surface area contributed by atoms with Gasteiger partial charge < -0.3 is 15.8 Å². The summed E-state index contributed by atoms with van der Waals surface area (Å²) >= 11 is -0.155. The number of rotatable bonds is 3. The number of fused-ring (bicyclic) bond motifs is 1. The molecule has 0 bridgehead atoms. The highest BCUT2D eigenvalue weighted by Crippen LogP contribution is 2.35. The van der Waals surface area contributed by atoms with E-state index in [4.69, 9.17) is 10.8 Å². The Kier molecular flexibility index (Phi) is 2.66. The molecule has 2 rings (SSSR count). The van der Waals surface area contributed by atoms with Crippen molar-refractivity contribution in [1.29, 1.82) is 0 Å². The lowest BCUT2D eigenvalue weighted by molar-refractivity contribution is -0.152. The number of aromatic nitrogens is 2. The molecule has 1 aromatic carbocycles. The third kappa shape index (κ3) is 2.31. The third-order valence-electron chi connectivity index (χ3n) is 1.96. The molecule has 0 radical (unpaired) electrons. The molecular weight excluding hydrogens is 252 g/mol. The van der Waals surface area contributed by atoms with Crippen molar-refractivity contribution in [1.82, 2.24) is 9.97 Å². The zero-order chi connectivity index (χ0) is 12.6. The molecule has 5 nitrogen and oxygen atoms in total. The standard InChI is InChI=1S/C9H7F2N3O2S/c10-9(11,7(15)16)17-8-13-5-2-1-4(12)3-6(5)14-8/h1-3H,12H2,(H,13,14)(H,15,16). The van der Waals surface area contributed by atoms with Crippen LogP contribution in [0.4, 0.5) is 14.5 Å². The number of anilines is 1. The maximum Gasteiger partial charge on any atom is 0.395 e. The van der Waals surface area contributed by atoms with Crippen LogP contribution in [0.3, 0.4) is 0 Å². The second-order valence-electron chi connectivity index (χ2n) is 3.24. The van der Waals surface area contributed by atoms with E-state index in [0.29, 0.717) is 16.7 Å². The number of aliphatic carboxylic acids is 1. The first-order valence-corrected chi connectivity index (χ1v) is 5.25. The molecule has 0 aliphatic rings. The molecule has 2 aromatic rings. The molecule has 90 valence electrons. The second kappa shape index (κ2) is 3.88. The molecule has 0 aliphatic heterocycles. The fraction of sp³-hybridized carbons (Fsp3) is 0.111. The molecule has 0 saturated carbocycles. The van der Waals surface area contributed by atoms with Gasteiger partial charge in [-0.1, -0.05) is 0 Å². The van der Waals surface area contributed by atoms with Crippen LogP contribution in [-0.2, 0) is 4.79 Å². The van der Waals surface area contributed by atoms with Crippen molar-refractivity contribution in [3.63, 3.8) is 0 Å². The van der Waals surface area contributed by atoms with Gasteiger partial charge in [-0.15, -0.1) is 0 Å². The number of imidazole rings is 1. The Morgan fingerprint density at radius 3 is 2.88 bits per heavy atom. The Balaban J connectivity index is 2.34. The lowest BCUT2D eigenvalue weighted by atomic mass is 10.3. The lowest BCUT2D eigenvalue weighted by Crippen LogP contribution is -2.23. The molecule has 1 heterocycles. The number of benzene rings is 1. The van der Waals surface area contributed by atoms with Gasteiger partial charge in [0.15, 0.2) is 5.16 Å². The van der Waals surface area contributed by atoms with E-state index in [1.54, 1.807) is 12.1 Å². The highest BCUT2D eigenvalue weighted by atomic mass is 32.2. The highest BCUT2D eigenvalue weighted by molar-refractivity contribution is 8.00. The molecule has 0 fully saturated rings. The molecule has 0 saturated heterocycles. The van der Waals surface area contributed by atoms with E-state index in [-0.39, 0.29) is 16.9 Å². The maximum atomic E-state index is 12.9. The van der Waals surface area contributed by atoms with Gasteiger partial charge in [0.2, 0.25) is 0 Å². The van der Waals surface area contributed by atoms with E-state index < -0.39 is 11.2 Å². The summed E-state index contributed by atoms with van der Waals surface area (Å²) in [5.41, 5.74) is 6.90. The molecule has 8 heteroatoms. The van der Waals surface area contributed by atoms with E-state index >= 15 is 0 Å². The number of thioether (sulfide) groups is 1. The number of alkyl halides is 2. The number of aromatic amines is 1. The monoisotopic (exact) mass is 259 g/mol. The molecule has 0 unspecified atom stereocenters. The highest BCUT2D eigenvalue weighted by Gasteiger charge is 2.41. The Hall–Kier alpha value is -1.83. The lowest BCUT2D eigenvalue weighted by Gasteiger charge is -2.06. The predicted octanol–water partition coefficient (Wildman–Crippen LogP) is 1.91. The van der Waals surface area contributed by atoms with Gasteiger partial charge in [-0.3, -0.25) is 0 Å². The van der Waals surface area contributed by atoms with Crippen LogP contribution in [0, 0.1) is 0 Å². The van der Waals surface area contributed by atoms with E-state index in [0.717, 1.165) is 0 Å². The van der Waals surface area contributed by atoms with Crippen LogP contribution in [0.15, 0.2) is 23.4 Å². The number of hydrogen-bond acceptors (Lipinski definition) is 4. The van der Waals surface area contributed by atoms with Gasteiger partial charge in [-0.2, -0.15) is 8.78 Å². The largest absolute Gasteiger partial charge is 0.476 e. The summed E-state index contributed by atoms with van der Waals surface area (Å²) in [6.45, 7) is 0. The second-order valence-corrected chi connectivity index (χ2v) is 4.35. The first-order valence-electron chi connectivity index (χ1n) is 4.44. The molecule has 1 aromatic heterocycles. The predicted molar refractivity (Wildman–Crippen MR) is 58.9 cm³/mol. The topological polar surface area (TPSA) is 92.0 Å². The van der Waals surface area contributed by atoms with Crippen LogP contribution in [0.1, 0.15) is 0 Å². The third-order valence-corrected chi connectivity index (χ3v) is 2.78. The zero-order valence-corrected chi connectivity index (χ0v) is 9.09. The summed E-state index contributed by atoms with van der Waals surface area (Å²) in [6, 6.07) is 4.67. The van der Waals surface area contributed by atoms with Crippen molar-refractivity contribution >= 4 is 34.5 Å². The molecule has 4 N–H and O–H groups in total. The Morgan fingerprint density at radius 1 is 1.53 bits per heavy atom. The van der Waals surface area contributed by atoms with Crippen LogP contribution in [0.2, 0.25) is 0 Å². The van der Waals surface area contributed by atoms with Crippen LogP contribution in [0.25, 0.3) is 11.0 Å². The average molecular weight is 259 g/mol. The summed E-state index contributed by atoms with van der Waals surface area (Å²) < 4.78 is 25.8. The molecular formula is C9H7F2N3O2S. The fourth-order valence-electron chi connectivity index (χ4n) is 1.22. The van der Waals surface area contributed by atoms with Gasteiger partial charge in [0.05, 0.1) is 11.0 Å². The quantitative estimate of drug-likeness (QED) is 0.578. The minimum Gasteiger partial charge on any atom is -0.476 e. The normalized spacial score (nSPS) is 11.9. The number of nitrogens with one attached hydrogen (secondary N) is 1. The van der Waals surface area contributed by atoms with Crippen molar-refractivity contribution < 1.29 is 18.7 Å². The average Bonchev–Trinajstić information content (AvgIpc) is 2.57. The number of H-pyrrole nitrogens is 1. The van der Waals surface area contributed by atoms with Gasteiger partial charge in [-0.05, 0) is 30.0 Å². The van der Waals surface area contributed by atoms with Gasteiger partial charge >= 0.3 is 11.2 Å². The van der Waals surface area contributed by atoms with Crippen molar-refractivity contribution in [2.24, 2.45) is 0 Å². The number of nitrogens with zero attached hydrogens (tertiary/aromatic N) is 1. The van der Waals surface area contributed by atoms with Crippen molar-refractivity contribution in [2.75, 3.05) is 5.73 Å². The van der Waals surface area contributed by atoms with Gasteiger partial charge in [-0.25, -0.2) is 9.78 Å². The van der Waals surface area contributed by atoms with Gasteiger partial charge in [0.25, 0.3) is 0 Å². The van der Waals surface area contributed by atoms with Crippen LogP contribution in [0.5, 0.6) is 0 Å². The van der Waals surface area contributed by atoms with Crippen LogP contribution >= 0.6 is 11.8 Å². The number of carbonyl (C=O) groups is 1. The minimum absolute atomic E-state index is 0.155. The first kappa shape index (κ1) is 11.6. The summed E-state index contributed by atoms with van der Waals surface area (Å²) in [7, 11) is 0. The Bertz CT molecular complexity index is 585. The van der Waals surface area contributed by atoms with Gasteiger partial charge in [0, 0.05) is 5.69 Å². The number of carboxylic acid groups (broad SMARTS) is 1. The molecule has 0 atom stereocenters. The zero-order valence-electron chi connectivity index (χ0n) is 8.28. The fourth-order valence-corrected chi connectivity index (χ4v) is 1.85. The molecule has 0 amide bonds. The van der Waals surface area contributed by atoms with Crippen molar-refractivity contribution in [2.45, 2.75) is 10.4 Å². The van der Waals surface area contributed by atoms with E-state index in [1.165, 1.54) is 6.07 Å². The Labute approximate surface area is 98.0 Å². The van der Waals surface area contributed by atoms with Crippen LogP contribution < -0.4 is 5.73 Å². The molecule has 0 aliphatic carbocycles.